The predicted molar refractivity (Wildman–Crippen MR) is 96.0 cm³/mol. The molecule has 4 rings (SSSR count). The third-order valence-electron chi connectivity index (χ3n) is 4.47. The number of hydrogen-bond donors (Lipinski definition) is 2. The van der Waals surface area contributed by atoms with E-state index in [4.69, 9.17) is 0 Å². The van der Waals surface area contributed by atoms with Crippen molar-refractivity contribution in [3.05, 3.63) is 71.7 Å². The summed E-state index contributed by atoms with van der Waals surface area (Å²) < 4.78 is 27.6. The summed E-state index contributed by atoms with van der Waals surface area (Å²) in [5.74, 6) is -2.17. The number of aromatic nitrogens is 2. The van der Waals surface area contributed by atoms with Gasteiger partial charge in [-0.05, 0) is 48.6 Å². The molecule has 2 aromatic heterocycles. The van der Waals surface area contributed by atoms with Gasteiger partial charge in [0.2, 0.25) is 0 Å². The van der Waals surface area contributed by atoms with E-state index in [9.17, 15) is 18.7 Å². The zero-order valence-corrected chi connectivity index (χ0v) is 14.1. The number of carboxylic acids is 1. The molecule has 0 spiro atoms. The van der Waals surface area contributed by atoms with Gasteiger partial charge in [0.05, 0.1) is 46.8 Å². The maximum absolute atomic E-state index is 13.8. The van der Waals surface area contributed by atoms with Crippen LogP contribution in [0.2, 0.25) is 0 Å². The number of pyridine rings is 2. The van der Waals surface area contributed by atoms with Gasteiger partial charge in [0.25, 0.3) is 0 Å². The number of anilines is 2. The molecule has 0 aliphatic heterocycles. The number of carboxylic acid groups (broad SMARTS) is 1. The van der Waals surface area contributed by atoms with Crippen molar-refractivity contribution in [1.29, 1.82) is 0 Å². The molecule has 1 fully saturated rings. The van der Waals surface area contributed by atoms with E-state index in [1.807, 2.05) is 6.07 Å². The summed E-state index contributed by atoms with van der Waals surface area (Å²) in [6.45, 7) is 0. The lowest BCUT2D eigenvalue weighted by Crippen LogP contribution is -2.04. The molecule has 0 amide bonds. The summed E-state index contributed by atoms with van der Waals surface area (Å²) in [4.78, 5) is 19.1. The Morgan fingerprint density at radius 3 is 2.41 bits per heavy atom. The third-order valence-corrected chi connectivity index (χ3v) is 4.47. The van der Waals surface area contributed by atoms with Gasteiger partial charge in [-0.3, -0.25) is 9.97 Å². The van der Waals surface area contributed by atoms with Gasteiger partial charge in [-0.1, -0.05) is 6.07 Å². The maximum atomic E-state index is 13.8. The number of rotatable bonds is 5. The number of nitrogens with zero attached hydrogens (tertiary/aromatic N) is 2. The van der Waals surface area contributed by atoms with Crippen molar-refractivity contribution in [3.63, 3.8) is 0 Å². The van der Waals surface area contributed by atoms with Crippen LogP contribution in [0.3, 0.4) is 0 Å². The molecule has 5 nitrogen and oxygen atoms in total. The lowest BCUT2D eigenvalue weighted by atomic mass is 10.0. The molecule has 2 N–H and O–H groups in total. The lowest BCUT2D eigenvalue weighted by Gasteiger charge is -2.12. The first kappa shape index (κ1) is 17.1. The molecule has 0 radical (unpaired) electrons. The average molecular weight is 367 g/mol. The standard InChI is InChI=1S/C20H15F2N3O2/c21-15-9-23-10-16(22)19(15)18-6-4-13(8-24-18)25-17-5-3-12(11-1-2-11)7-14(17)20(26)27/h3-11,25H,1-2H2,(H,26,27). The van der Waals surface area contributed by atoms with Gasteiger partial charge in [0.1, 0.15) is 0 Å². The van der Waals surface area contributed by atoms with E-state index < -0.39 is 17.6 Å². The Kier molecular flexibility index (Phi) is 4.27. The van der Waals surface area contributed by atoms with Gasteiger partial charge < -0.3 is 10.4 Å². The maximum Gasteiger partial charge on any atom is 0.337 e. The first-order chi connectivity index (χ1) is 13.0. The van der Waals surface area contributed by atoms with Crippen LogP contribution in [-0.4, -0.2) is 21.0 Å². The Morgan fingerprint density at radius 1 is 1.07 bits per heavy atom. The third kappa shape index (κ3) is 3.48. The van der Waals surface area contributed by atoms with Crippen LogP contribution in [0.15, 0.2) is 48.9 Å². The molecule has 0 unspecified atom stereocenters. The molecule has 0 atom stereocenters. The van der Waals surface area contributed by atoms with E-state index in [0.29, 0.717) is 17.3 Å². The van der Waals surface area contributed by atoms with Crippen molar-refractivity contribution in [2.45, 2.75) is 18.8 Å². The Morgan fingerprint density at radius 2 is 1.81 bits per heavy atom. The van der Waals surface area contributed by atoms with Gasteiger partial charge in [-0.15, -0.1) is 0 Å². The number of halogens is 2. The molecule has 0 bridgehead atoms. The summed E-state index contributed by atoms with van der Waals surface area (Å²) in [5, 5.41) is 12.5. The van der Waals surface area contributed by atoms with Gasteiger partial charge in [0.15, 0.2) is 11.6 Å². The second-order valence-corrected chi connectivity index (χ2v) is 6.42. The van der Waals surface area contributed by atoms with E-state index >= 15 is 0 Å². The molecule has 1 aliphatic rings. The molecular weight excluding hydrogens is 352 g/mol. The topological polar surface area (TPSA) is 75.1 Å². The van der Waals surface area contributed by atoms with E-state index in [1.54, 1.807) is 18.2 Å². The number of aromatic carboxylic acids is 1. The summed E-state index contributed by atoms with van der Waals surface area (Å²) in [5.41, 5.74) is 2.01. The van der Waals surface area contributed by atoms with E-state index in [1.165, 1.54) is 12.3 Å². The molecular formula is C20H15F2N3O2. The molecule has 1 aromatic carbocycles. The van der Waals surface area contributed by atoms with Crippen molar-refractivity contribution in [1.82, 2.24) is 9.97 Å². The van der Waals surface area contributed by atoms with E-state index in [2.05, 4.69) is 15.3 Å². The Labute approximate surface area is 153 Å². The average Bonchev–Trinajstić information content (AvgIpc) is 3.48. The highest BCUT2D eigenvalue weighted by atomic mass is 19.1. The minimum Gasteiger partial charge on any atom is -0.478 e. The quantitative estimate of drug-likeness (QED) is 0.681. The van der Waals surface area contributed by atoms with Crippen molar-refractivity contribution < 1.29 is 18.7 Å². The normalized spacial score (nSPS) is 13.4. The highest BCUT2D eigenvalue weighted by Gasteiger charge is 2.25. The van der Waals surface area contributed by atoms with E-state index in [0.717, 1.165) is 30.8 Å². The van der Waals surface area contributed by atoms with Gasteiger partial charge >= 0.3 is 5.97 Å². The lowest BCUT2D eigenvalue weighted by molar-refractivity contribution is 0.0698. The number of benzene rings is 1. The Bertz CT molecular complexity index is 998. The summed E-state index contributed by atoms with van der Waals surface area (Å²) >= 11 is 0. The summed E-state index contributed by atoms with van der Waals surface area (Å²) in [6, 6.07) is 8.37. The fourth-order valence-corrected chi connectivity index (χ4v) is 2.95. The Hall–Kier alpha value is -3.35. The first-order valence-electron chi connectivity index (χ1n) is 8.42. The summed E-state index contributed by atoms with van der Waals surface area (Å²) in [6.07, 6.45) is 5.41. The van der Waals surface area contributed by atoms with Crippen LogP contribution in [0.5, 0.6) is 0 Å². The molecule has 0 saturated heterocycles. The molecule has 3 aromatic rings. The van der Waals surface area contributed by atoms with E-state index in [-0.39, 0.29) is 16.8 Å². The molecule has 2 heterocycles. The van der Waals surface area contributed by atoms with Crippen molar-refractivity contribution in [2.24, 2.45) is 0 Å². The van der Waals surface area contributed by atoms with Crippen molar-refractivity contribution in [2.75, 3.05) is 5.32 Å². The minimum atomic E-state index is -1.02. The fraction of sp³-hybridized carbons (Fsp3) is 0.150. The van der Waals surface area contributed by atoms with Crippen LogP contribution < -0.4 is 5.32 Å². The number of carbonyl (C=O) groups is 1. The van der Waals surface area contributed by atoms with Crippen LogP contribution in [0.1, 0.15) is 34.7 Å². The second-order valence-electron chi connectivity index (χ2n) is 6.42. The SMILES string of the molecule is O=C(O)c1cc(C2CC2)ccc1Nc1ccc(-c2c(F)cncc2F)nc1. The molecule has 27 heavy (non-hydrogen) atoms. The second kappa shape index (κ2) is 6.75. The van der Waals surface area contributed by atoms with Gasteiger partial charge in [-0.2, -0.15) is 0 Å². The largest absolute Gasteiger partial charge is 0.478 e. The van der Waals surface area contributed by atoms with Crippen LogP contribution >= 0.6 is 0 Å². The van der Waals surface area contributed by atoms with Crippen LogP contribution in [-0.2, 0) is 0 Å². The molecule has 7 heteroatoms. The number of nitrogens with one attached hydrogen (secondary N) is 1. The van der Waals surface area contributed by atoms with Crippen LogP contribution in [0.25, 0.3) is 11.3 Å². The highest BCUT2D eigenvalue weighted by Crippen LogP contribution is 2.41. The zero-order chi connectivity index (χ0) is 19.0. The van der Waals surface area contributed by atoms with Crippen molar-refractivity contribution in [3.8, 4) is 11.3 Å². The van der Waals surface area contributed by atoms with Gasteiger partial charge in [0, 0.05) is 0 Å². The van der Waals surface area contributed by atoms with Crippen LogP contribution in [0, 0.1) is 11.6 Å². The highest BCUT2D eigenvalue weighted by molar-refractivity contribution is 5.95. The van der Waals surface area contributed by atoms with Crippen molar-refractivity contribution >= 4 is 17.3 Å². The minimum absolute atomic E-state index is 0.125. The summed E-state index contributed by atoms with van der Waals surface area (Å²) in [7, 11) is 0. The monoisotopic (exact) mass is 367 g/mol. The smallest absolute Gasteiger partial charge is 0.337 e. The zero-order valence-electron chi connectivity index (χ0n) is 14.1. The van der Waals surface area contributed by atoms with Gasteiger partial charge in [-0.25, -0.2) is 13.6 Å². The van der Waals surface area contributed by atoms with Crippen LogP contribution in [0.4, 0.5) is 20.2 Å². The fourth-order valence-electron chi connectivity index (χ4n) is 2.95. The Balaban J connectivity index is 1.61. The number of hydrogen-bond acceptors (Lipinski definition) is 4. The predicted octanol–water partition coefficient (Wildman–Crippen LogP) is 4.74. The molecule has 136 valence electrons. The molecule has 1 aliphatic carbocycles. The first-order valence-corrected chi connectivity index (χ1v) is 8.42. The molecule has 1 saturated carbocycles.